The van der Waals surface area contributed by atoms with E-state index in [0.29, 0.717) is 6.04 Å². The zero-order valence-corrected chi connectivity index (χ0v) is 15.2. The summed E-state index contributed by atoms with van der Waals surface area (Å²) in [5.41, 5.74) is 3.27. The minimum atomic E-state index is 0.173. The van der Waals surface area contributed by atoms with Crippen molar-refractivity contribution >= 4 is 11.6 Å². The van der Waals surface area contributed by atoms with Crippen molar-refractivity contribution in [3.8, 4) is 0 Å². The molecule has 0 unspecified atom stereocenters. The third kappa shape index (κ3) is 4.50. The summed E-state index contributed by atoms with van der Waals surface area (Å²) in [6.07, 6.45) is 8.70. The van der Waals surface area contributed by atoms with Crippen molar-refractivity contribution < 1.29 is 4.79 Å². The molecule has 2 saturated carbocycles. The molecule has 2 aromatic rings. The van der Waals surface area contributed by atoms with Gasteiger partial charge in [-0.1, -0.05) is 24.6 Å². The molecule has 2 aliphatic rings. The second-order valence-electron chi connectivity index (χ2n) is 7.67. The van der Waals surface area contributed by atoms with Gasteiger partial charge >= 0.3 is 0 Å². The Bertz CT molecular complexity index is 738. The van der Waals surface area contributed by atoms with Crippen molar-refractivity contribution in [3.63, 3.8) is 0 Å². The average Bonchev–Trinajstić information content (AvgIpc) is 3.43. The fourth-order valence-corrected chi connectivity index (χ4v) is 3.57. The van der Waals surface area contributed by atoms with E-state index in [2.05, 4.69) is 39.9 Å². The van der Waals surface area contributed by atoms with Crippen molar-refractivity contribution in [2.24, 2.45) is 11.8 Å². The second kappa shape index (κ2) is 8.00. The number of benzene rings is 1. The van der Waals surface area contributed by atoms with Gasteiger partial charge in [0.15, 0.2) is 0 Å². The number of amides is 1. The minimum absolute atomic E-state index is 0.173. The molecule has 0 saturated heterocycles. The first-order chi connectivity index (χ1) is 12.8. The van der Waals surface area contributed by atoms with Crippen molar-refractivity contribution in [1.29, 1.82) is 0 Å². The van der Waals surface area contributed by atoms with Crippen LogP contribution in [0.4, 0.5) is 5.69 Å². The number of carbonyl (C=O) groups is 1. The molecule has 0 radical (unpaired) electrons. The van der Waals surface area contributed by atoms with Crippen LogP contribution in [0.2, 0.25) is 0 Å². The topological polar surface area (TPSA) is 54.0 Å². The molecule has 2 fully saturated rings. The summed E-state index contributed by atoms with van der Waals surface area (Å²) in [5, 5.41) is 6.79. The summed E-state index contributed by atoms with van der Waals surface area (Å²) in [6.45, 7) is 0.821. The Hall–Kier alpha value is -2.20. The van der Waals surface area contributed by atoms with Crippen LogP contribution in [0, 0.1) is 11.8 Å². The highest BCUT2D eigenvalue weighted by Gasteiger charge is 2.31. The molecule has 0 spiro atoms. The van der Waals surface area contributed by atoms with Gasteiger partial charge in [0.2, 0.25) is 5.91 Å². The molecule has 0 bridgehead atoms. The molecule has 4 nitrogen and oxygen atoms in total. The highest BCUT2D eigenvalue weighted by Crippen LogP contribution is 2.34. The molecule has 1 atom stereocenters. The lowest BCUT2D eigenvalue weighted by atomic mass is 9.85. The SMILES string of the molecule is O=C(Nc1cccc(CN[C@@H](Cc2ccccn2)C2CC2)c1)C1CCC1. The van der Waals surface area contributed by atoms with E-state index in [9.17, 15) is 4.79 Å². The summed E-state index contributed by atoms with van der Waals surface area (Å²) in [6, 6.07) is 14.8. The van der Waals surface area contributed by atoms with Crippen LogP contribution in [0.15, 0.2) is 48.7 Å². The summed E-state index contributed by atoms with van der Waals surface area (Å²) in [7, 11) is 0. The van der Waals surface area contributed by atoms with E-state index in [4.69, 9.17) is 0 Å². The first-order valence-corrected chi connectivity index (χ1v) is 9.81. The first-order valence-electron chi connectivity index (χ1n) is 9.81. The molecular formula is C22H27N3O. The predicted molar refractivity (Wildman–Crippen MR) is 104 cm³/mol. The third-order valence-electron chi connectivity index (χ3n) is 5.59. The van der Waals surface area contributed by atoms with Gasteiger partial charge in [-0.3, -0.25) is 9.78 Å². The Balaban J connectivity index is 1.34. The van der Waals surface area contributed by atoms with Crippen LogP contribution in [0.25, 0.3) is 0 Å². The van der Waals surface area contributed by atoms with Gasteiger partial charge < -0.3 is 10.6 Å². The van der Waals surface area contributed by atoms with Crippen LogP contribution in [0.5, 0.6) is 0 Å². The van der Waals surface area contributed by atoms with Gasteiger partial charge in [-0.05, 0) is 61.4 Å². The number of carbonyl (C=O) groups excluding carboxylic acids is 1. The van der Waals surface area contributed by atoms with E-state index in [-0.39, 0.29) is 11.8 Å². The lowest BCUT2D eigenvalue weighted by Crippen LogP contribution is -2.33. The van der Waals surface area contributed by atoms with Gasteiger partial charge in [0.25, 0.3) is 0 Å². The van der Waals surface area contributed by atoms with Gasteiger partial charge in [-0.25, -0.2) is 0 Å². The summed E-state index contributed by atoms with van der Waals surface area (Å²) in [4.78, 5) is 16.6. The maximum absolute atomic E-state index is 12.1. The van der Waals surface area contributed by atoms with Crippen molar-refractivity contribution in [2.75, 3.05) is 5.32 Å². The van der Waals surface area contributed by atoms with Crippen LogP contribution in [-0.4, -0.2) is 16.9 Å². The Morgan fingerprint density at radius 3 is 2.69 bits per heavy atom. The molecular weight excluding hydrogens is 322 g/mol. The third-order valence-corrected chi connectivity index (χ3v) is 5.59. The van der Waals surface area contributed by atoms with Crippen LogP contribution < -0.4 is 10.6 Å². The summed E-state index contributed by atoms with van der Waals surface area (Å²) in [5.74, 6) is 1.15. The highest BCUT2D eigenvalue weighted by molar-refractivity contribution is 5.93. The molecule has 2 N–H and O–H groups in total. The van der Waals surface area contributed by atoms with Crippen molar-refractivity contribution in [1.82, 2.24) is 10.3 Å². The number of nitrogens with zero attached hydrogens (tertiary/aromatic N) is 1. The number of rotatable bonds is 8. The molecule has 26 heavy (non-hydrogen) atoms. The summed E-state index contributed by atoms with van der Waals surface area (Å²) < 4.78 is 0. The zero-order valence-electron chi connectivity index (χ0n) is 15.2. The Labute approximate surface area is 155 Å². The van der Waals surface area contributed by atoms with Gasteiger partial charge in [0.05, 0.1) is 0 Å². The number of pyridine rings is 1. The van der Waals surface area contributed by atoms with E-state index in [1.54, 1.807) is 0 Å². The highest BCUT2D eigenvalue weighted by atomic mass is 16.1. The molecule has 136 valence electrons. The second-order valence-corrected chi connectivity index (χ2v) is 7.67. The zero-order chi connectivity index (χ0) is 17.8. The van der Waals surface area contributed by atoms with Gasteiger partial charge in [0.1, 0.15) is 0 Å². The van der Waals surface area contributed by atoms with Gasteiger partial charge in [-0.2, -0.15) is 0 Å². The largest absolute Gasteiger partial charge is 0.326 e. The van der Waals surface area contributed by atoms with E-state index >= 15 is 0 Å². The predicted octanol–water partition coefficient (Wildman–Crippen LogP) is 3.93. The Kier molecular flexibility index (Phi) is 5.30. The molecule has 4 rings (SSSR count). The fourth-order valence-electron chi connectivity index (χ4n) is 3.57. The Morgan fingerprint density at radius 2 is 2.00 bits per heavy atom. The van der Waals surface area contributed by atoms with E-state index in [0.717, 1.165) is 43.1 Å². The van der Waals surface area contributed by atoms with Crippen LogP contribution in [0.3, 0.4) is 0 Å². The molecule has 1 heterocycles. The molecule has 2 aliphatic carbocycles. The smallest absolute Gasteiger partial charge is 0.227 e. The van der Waals surface area contributed by atoms with Crippen LogP contribution >= 0.6 is 0 Å². The van der Waals surface area contributed by atoms with Crippen LogP contribution in [-0.2, 0) is 17.8 Å². The van der Waals surface area contributed by atoms with Crippen LogP contribution in [0.1, 0.15) is 43.4 Å². The van der Waals surface area contributed by atoms with E-state index < -0.39 is 0 Å². The first kappa shape index (κ1) is 17.2. The maximum atomic E-state index is 12.1. The number of anilines is 1. The fraction of sp³-hybridized carbons (Fsp3) is 0.455. The normalized spacial score (nSPS) is 18.2. The standard InChI is InChI=1S/C22H27N3O/c26-22(18-6-4-7-18)25-20-9-3-5-16(13-20)15-24-21(17-10-11-17)14-19-8-1-2-12-23-19/h1-3,5,8-9,12-13,17-18,21,24H,4,6-7,10-11,14-15H2,(H,25,26)/t21-/m0/s1. The monoisotopic (exact) mass is 349 g/mol. The van der Waals surface area contributed by atoms with Crippen molar-refractivity contribution in [3.05, 3.63) is 59.9 Å². The molecule has 1 aromatic heterocycles. The van der Waals surface area contributed by atoms with E-state index in [1.165, 1.54) is 24.8 Å². The van der Waals surface area contributed by atoms with Gasteiger partial charge in [0, 0.05) is 42.5 Å². The maximum Gasteiger partial charge on any atom is 0.227 e. The molecule has 4 heteroatoms. The molecule has 1 aromatic carbocycles. The molecule has 1 amide bonds. The lowest BCUT2D eigenvalue weighted by molar-refractivity contribution is -0.122. The number of nitrogens with one attached hydrogen (secondary N) is 2. The van der Waals surface area contributed by atoms with Gasteiger partial charge in [-0.15, -0.1) is 0 Å². The Morgan fingerprint density at radius 1 is 1.12 bits per heavy atom. The number of aromatic nitrogens is 1. The summed E-state index contributed by atoms with van der Waals surface area (Å²) >= 11 is 0. The molecule has 0 aliphatic heterocycles. The van der Waals surface area contributed by atoms with E-state index in [1.807, 2.05) is 24.4 Å². The number of hydrogen-bond acceptors (Lipinski definition) is 3. The minimum Gasteiger partial charge on any atom is -0.326 e. The number of hydrogen-bond donors (Lipinski definition) is 2. The lowest BCUT2D eigenvalue weighted by Gasteiger charge is -2.24. The van der Waals surface area contributed by atoms with Crippen molar-refractivity contribution in [2.45, 2.75) is 51.1 Å². The quantitative estimate of drug-likeness (QED) is 0.759. The average molecular weight is 349 g/mol.